The maximum atomic E-state index is 12.8. The lowest BCUT2D eigenvalue weighted by molar-refractivity contribution is 0.0947. The highest BCUT2D eigenvalue weighted by molar-refractivity contribution is 5.93. The van der Waals surface area contributed by atoms with Crippen LogP contribution < -0.4 is 10.1 Å². The summed E-state index contributed by atoms with van der Waals surface area (Å²) in [6.45, 7) is 1.32. The summed E-state index contributed by atoms with van der Waals surface area (Å²) < 4.78 is 9.27. The van der Waals surface area contributed by atoms with Crippen LogP contribution in [0.15, 0.2) is 85.5 Å². The molecule has 8 heteroatoms. The Balaban J connectivity index is 1.49. The van der Waals surface area contributed by atoms with Crippen LogP contribution in [-0.4, -0.2) is 43.7 Å². The van der Waals surface area contributed by atoms with Crippen molar-refractivity contribution in [3.8, 4) is 28.3 Å². The fraction of sp³-hybridized carbons (Fsp3) is 0.154. The second-order valence-electron chi connectivity index (χ2n) is 7.80. The molecule has 0 fully saturated rings. The molecule has 5 rings (SSSR count). The van der Waals surface area contributed by atoms with Crippen molar-refractivity contribution in [2.45, 2.75) is 13.0 Å². The van der Waals surface area contributed by atoms with Crippen molar-refractivity contribution in [3.63, 3.8) is 0 Å². The van der Waals surface area contributed by atoms with Gasteiger partial charge in [0.05, 0.1) is 24.8 Å². The highest BCUT2D eigenvalue weighted by Crippen LogP contribution is 2.32. The lowest BCUT2D eigenvalue weighted by Gasteiger charge is -2.12. The summed E-state index contributed by atoms with van der Waals surface area (Å²) in [6.07, 6.45) is 6.20. The Hall–Kier alpha value is -4.46. The second kappa shape index (κ2) is 9.58. The third-order valence-corrected chi connectivity index (χ3v) is 5.55. The van der Waals surface area contributed by atoms with Gasteiger partial charge in [-0.05, 0) is 24.6 Å². The topological polar surface area (TPSA) is 86.3 Å². The van der Waals surface area contributed by atoms with Gasteiger partial charge in [-0.2, -0.15) is 5.10 Å². The molecule has 0 aliphatic heterocycles. The molecule has 1 amide bonds. The smallest absolute Gasteiger partial charge is 0.271 e. The summed E-state index contributed by atoms with van der Waals surface area (Å²) in [5.41, 5.74) is 4.33. The Morgan fingerprint density at radius 3 is 2.68 bits per heavy atom. The van der Waals surface area contributed by atoms with Crippen LogP contribution in [0.1, 0.15) is 16.9 Å². The third kappa shape index (κ3) is 4.38. The average molecular weight is 453 g/mol. The fourth-order valence-electron chi connectivity index (χ4n) is 3.86. The van der Waals surface area contributed by atoms with E-state index in [0.717, 1.165) is 41.2 Å². The first-order chi connectivity index (χ1) is 16.7. The molecule has 0 atom stereocenters. The van der Waals surface area contributed by atoms with Crippen molar-refractivity contribution in [1.29, 1.82) is 0 Å². The first-order valence-electron chi connectivity index (χ1n) is 11.1. The number of carbonyl (C=O) groups excluding carboxylic acids is 1. The van der Waals surface area contributed by atoms with E-state index in [1.165, 1.54) is 0 Å². The maximum absolute atomic E-state index is 12.8. The number of nitrogens with zero attached hydrogens (tertiary/aromatic N) is 5. The van der Waals surface area contributed by atoms with Gasteiger partial charge in [0.1, 0.15) is 5.75 Å². The first-order valence-corrected chi connectivity index (χ1v) is 11.1. The summed E-state index contributed by atoms with van der Waals surface area (Å²) in [5.74, 6) is 0.485. The molecule has 170 valence electrons. The minimum absolute atomic E-state index is 0.233. The molecule has 0 radical (unpaired) electrons. The van der Waals surface area contributed by atoms with Gasteiger partial charge in [0.15, 0.2) is 11.3 Å². The number of amides is 1. The number of imidazole rings is 1. The molecule has 0 saturated carbocycles. The van der Waals surface area contributed by atoms with Crippen molar-refractivity contribution in [2.75, 3.05) is 13.7 Å². The van der Waals surface area contributed by atoms with Crippen molar-refractivity contribution in [3.05, 3.63) is 91.1 Å². The number of methoxy groups -OCH3 is 1. The van der Waals surface area contributed by atoms with Gasteiger partial charge in [-0.1, -0.05) is 42.5 Å². The molecule has 8 nitrogen and oxygen atoms in total. The molecule has 0 aliphatic rings. The Kier molecular flexibility index (Phi) is 6.03. The highest BCUT2D eigenvalue weighted by atomic mass is 16.5. The van der Waals surface area contributed by atoms with E-state index in [1.807, 2.05) is 71.4 Å². The maximum Gasteiger partial charge on any atom is 0.271 e. The van der Waals surface area contributed by atoms with Gasteiger partial charge in [0.25, 0.3) is 5.91 Å². The van der Waals surface area contributed by atoms with Crippen LogP contribution in [0.3, 0.4) is 0 Å². The van der Waals surface area contributed by atoms with Gasteiger partial charge in [0.2, 0.25) is 0 Å². The van der Waals surface area contributed by atoms with Gasteiger partial charge in [-0.25, -0.2) is 14.5 Å². The molecule has 5 aromatic rings. The van der Waals surface area contributed by atoms with Crippen LogP contribution in [0.4, 0.5) is 0 Å². The molecular formula is C26H24N6O2. The molecule has 0 saturated heterocycles. The highest BCUT2D eigenvalue weighted by Gasteiger charge is 2.18. The second-order valence-corrected chi connectivity index (χ2v) is 7.80. The number of aryl methyl sites for hydroxylation is 1. The molecule has 0 unspecified atom stereocenters. The van der Waals surface area contributed by atoms with Gasteiger partial charge < -0.3 is 14.6 Å². The molecule has 0 aliphatic carbocycles. The van der Waals surface area contributed by atoms with Crippen molar-refractivity contribution in [1.82, 2.24) is 29.5 Å². The lowest BCUT2D eigenvalue weighted by Crippen LogP contribution is -2.25. The monoisotopic (exact) mass is 452 g/mol. The zero-order valence-corrected chi connectivity index (χ0v) is 18.8. The average Bonchev–Trinajstić information content (AvgIpc) is 3.56. The normalized spacial score (nSPS) is 11.0. The number of carbonyl (C=O) groups is 1. The third-order valence-electron chi connectivity index (χ3n) is 5.55. The standard InChI is InChI=1S/C26H24N6O2/c1-34-24-11-6-5-10-20(24)23-16-21(19-8-3-2-4-9-19)29-25-17-22(30-32(23)25)26(33)28-12-7-14-31-15-13-27-18-31/h2-6,8-11,13,15-18H,7,12,14H2,1H3,(H,28,33). The summed E-state index contributed by atoms with van der Waals surface area (Å²) in [7, 11) is 1.64. The van der Waals surface area contributed by atoms with Gasteiger partial charge in [-0.3, -0.25) is 4.79 Å². The molecular weight excluding hydrogens is 428 g/mol. The Bertz CT molecular complexity index is 1410. The summed E-state index contributed by atoms with van der Waals surface area (Å²) in [5, 5.41) is 7.55. The Morgan fingerprint density at radius 2 is 1.88 bits per heavy atom. The number of rotatable bonds is 8. The predicted octanol–water partition coefficient (Wildman–Crippen LogP) is 4.09. The lowest BCUT2D eigenvalue weighted by atomic mass is 10.1. The first kappa shape index (κ1) is 21.4. The van der Waals surface area contributed by atoms with Gasteiger partial charge >= 0.3 is 0 Å². The van der Waals surface area contributed by atoms with Gasteiger partial charge in [0, 0.05) is 42.7 Å². The summed E-state index contributed by atoms with van der Waals surface area (Å²) in [4.78, 5) is 21.7. The number of nitrogens with one attached hydrogen (secondary N) is 1. The number of aromatic nitrogens is 5. The number of fused-ring (bicyclic) bond motifs is 1. The molecule has 0 spiro atoms. The quantitative estimate of drug-likeness (QED) is 0.359. The van der Waals surface area contributed by atoms with Crippen LogP contribution >= 0.6 is 0 Å². The Labute approximate surface area is 196 Å². The fourth-order valence-corrected chi connectivity index (χ4v) is 3.86. The number of benzene rings is 2. The largest absolute Gasteiger partial charge is 0.496 e. The zero-order valence-electron chi connectivity index (χ0n) is 18.8. The predicted molar refractivity (Wildman–Crippen MR) is 130 cm³/mol. The summed E-state index contributed by atoms with van der Waals surface area (Å²) in [6, 6.07) is 21.4. The van der Waals surface area contributed by atoms with E-state index in [9.17, 15) is 4.79 Å². The number of hydrogen-bond acceptors (Lipinski definition) is 5. The molecule has 0 bridgehead atoms. The van der Waals surface area contributed by atoms with Crippen molar-refractivity contribution >= 4 is 11.6 Å². The van der Waals surface area contributed by atoms with Crippen LogP contribution in [0.25, 0.3) is 28.2 Å². The number of para-hydroxylation sites is 1. The molecule has 3 heterocycles. The van der Waals surface area contributed by atoms with Crippen LogP contribution in [0, 0.1) is 0 Å². The molecule has 2 aromatic carbocycles. The van der Waals surface area contributed by atoms with Crippen LogP contribution in [-0.2, 0) is 6.54 Å². The van der Waals surface area contributed by atoms with E-state index in [4.69, 9.17) is 9.72 Å². The zero-order chi connectivity index (χ0) is 23.3. The van der Waals surface area contributed by atoms with E-state index in [1.54, 1.807) is 30.2 Å². The van der Waals surface area contributed by atoms with Crippen molar-refractivity contribution in [2.24, 2.45) is 0 Å². The minimum atomic E-state index is -0.233. The van der Waals surface area contributed by atoms with Gasteiger partial charge in [-0.15, -0.1) is 0 Å². The summed E-state index contributed by atoms with van der Waals surface area (Å²) >= 11 is 0. The van der Waals surface area contributed by atoms with Crippen molar-refractivity contribution < 1.29 is 9.53 Å². The molecule has 34 heavy (non-hydrogen) atoms. The minimum Gasteiger partial charge on any atom is -0.496 e. The van der Waals surface area contributed by atoms with E-state index in [0.29, 0.717) is 17.9 Å². The van der Waals surface area contributed by atoms with Crippen LogP contribution in [0.2, 0.25) is 0 Å². The Morgan fingerprint density at radius 1 is 1.06 bits per heavy atom. The van der Waals surface area contributed by atoms with E-state index in [-0.39, 0.29) is 5.91 Å². The number of ether oxygens (including phenoxy) is 1. The van der Waals surface area contributed by atoms with E-state index < -0.39 is 0 Å². The molecule has 1 N–H and O–H groups in total. The SMILES string of the molecule is COc1ccccc1-c1cc(-c2ccccc2)nc2cc(C(=O)NCCCn3ccnc3)nn12. The number of hydrogen-bond donors (Lipinski definition) is 1. The van der Waals surface area contributed by atoms with Crippen LogP contribution in [0.5, 0.6) is 5.75 Å². The van der Waals surface area contributed by atoms with E-state index >= 15 is 0 Å². The van der Waals surface area contributed by atoms with E-state index in [2.05, 4.69) is 15.4 Å². The molecule has 3 aromatic heterocycles.